The summed E-state index contributed by atoms with van der Waals surface area (Å²) in [6.07, 6.45) is -0.836. The molecule has 1 unspecified atom stereocenters. The Morgan fingerprint density at radius 1 is 1.19 bits per heavy atom. The molecule has 4 rings (SSSR count). The summed E-state index contributed by atoms with van der Waals surface area (Å²) in [5.74, 6) is 0.230. The predicted molar refractivity (Wildman–Crippen MR) is 98.8 cm³/mol. The molecular weight excluding hydrogens is 368 g/mol. The first-order valence-electron chi connectivity index (χ1n) is 8.28. The molecule has 7 nitrogen and oxygen atoms in total. The fourth-order valence-electron chi connectivity index (χ4n) is 2.76. The second-order valence-electron chi connectivity index (χ2n) is 5.83. The Bertz CT molecular complexity index is 1080. The summed E-state index contributed by atoms with van der Waals surface area (Å²) in [7, 11) is 1.32. The highest BCUT2D eigenvalue weighted by Crippen LogP contribution is 2.31. The average Bonchev–Trinajstić information content (AvgIpc) is 3.04. The van der Waals surface area contributed by atoms with E-state index < -0.39 is 18.0 Å². The number of aromatic nitrogens is 1. The van der Waals surface area contributed by atoms with Crippen LogP contribution >= 0.6 is 11.3 Å². The zero-order valence-corrected chi connectivity index (χ0v) is 15.3. The van der Waals surface area contributed by atoms with E-state index in [0.717, 1.165) is 10.2 Å². The number of nitrogens with zero attached hydrogens (tertiary/aromatic N) is 2. The van der Waals surface area contributed by atoms with Crippen molar-refractivity contribution in [3.63, 3.8) is 0 Å². The van der Waals surface area contributed by atoms with E-state index in [2.05, 4.69) is 4.99 Å². The molecule has 0 saturated heterocycles. The maximum absolute atomic E-state index is 12.7. The molecule has 0 spiro atoms. The molecule has 0 radical (unpaired) electrons. The number of rotatable bonds is 3. The van der Waals surface area contributed by atoms with E-state index in [1.807, 2.05) is 36.4 Å². The minimum Gasteiger partial charge on any atom is -0.485 e. The minimum atomic E-state index is -0.836. The molecule has 3 aromatic rings. The molecule has 0 aliphatic carbocycles. The van der Waals surface area contributed by atoms with Gasteiger partial charge < -0.3 is 18.8 Å². The zero-order chi connectivity index (χ0) is 18.8. The first-order chi connectivity index (χ1) is 13.2. The summed E-state index contributed by atoms with van der Waals surface area (Å²) in [4.78, 5) is 29.1. The highest BCUT2D eigenvalue weighted by Gasteiger charge is 2.27. The SMILES string of the molecule is COC(=O)Cn1c(=NC(=O)C2COc3ccccc3O2)sc2ccccc21. The molecule has 0 N–H and O–H groups in total. The second-order valence-corrected chi connectivity index (χ2v) is 6.84. The molecule has 1 aliphatic heterocycles. The van der Waals surface area contributed by atoms with Gasteiger partial charge in [-0.3, -0.25) is 9.59 Å². The number of carbonyl (C=O) groups excluding carboxylic acids is 2. The normalized spacial score (nSPS) is 16.3. The molecule has 0 saturated carbocycles. The number of amides is 1. The number of hydrogen-bond donors (Lipinski definition) is 0. The van der Waals surface area contributed by atoms with Gasteiger partial charge in [0.2, 0.25) is 6.10 Å². The van der Waals surface area contributed by atoms with Gasteiger partial charge in [-0.15, -0.1) is 0 Å². The van der Waals surface area contributed by atoms with Crippen LogP contribution in [-0.4, -0.2) is 36.3 Å². The molecule has 1 amide bonds. The molecular formula is C19H16N2O5S. The van der Waals surface area contributed by atoms with Gasteiger partial charge in [-0.05, 0) is 24.3 Å². The average molecular weight is 384 g/mol. The van der Waals surface area contributed by atoms with Crippen molar-refractivity contribution in [3.8, 4) is 11.5 Å². The number of ether oxygens (including phenoxy) is 3. The van der Waals surface area contributed by atoms with Gasteiger partial charge in [0, 0.05) is 0 Å². The van der Waals surface area contributed by atoms with Crippen LogP contribution in [0.15, 0.2) is 53.5 Å². The van der Waals surface area contributed by atoms with Gasteiger partial charge in [-0.2, -0.15) is 4.99 Å². The Hall–Kier alpha value is -3.13. The Kier molecular flexibility index (Phi) is 4.64. The summed E-state index contributed by atoms with van der Waals surface area (Å²) < 4.78 is 18.6. The van der Waals surface area contributed by atoms with Crippen molar-refractivity contribution in [1.82, 2.24) is 4.57 Å². The first kappa shape index (κ1) is 17.3. The van der Waals surface area contributed by atoms with Crippen molar-refractivity contribution in [3.05, 3.63) is 53.3 Å². The van der Waals surface area contributed by atoms with Gasteiger partial charge in [0.15, 0.2) is 16.3 Å². The molecule has 138 valence electrons. The number of benzene rings is 2. The van der Waals surface area contributed by atoms with Crippen molar-refractivity contribution >= 4 is 33.4 Å². The summed E-state index contributed by atoms with van der Waals surface area (Å²) in [5, 5.41) is 0. The monoisotopic (exact) mass is 384 g/mol. The highest BCUT2D eigenvalue weighted by molar-refractivity contribution is 7.16. The Morgan fingerprint density at radius 3 is 2.74 bits per heavy atom. The van der Waals surface area contributed by atoms with E-state index in [0.29, 0.717) is 16.3 Å². The van der Waals surface area contributed by atoms with Crippen molar-refractivity contribution in [2.45, 2.75) is 12.6 Å². The number of thiazole rings is 1. The van der Waals surface area contributed by atoms with Crippen molar-refractivity contribution < 1.29 is 23.8 Å². The van der Waals surface area contributed by atoms with E-state index in [-0.39, 0.29) is 13.2 Å². The fraction of sp³-hybridized carbons (Fsp3) is 0.211. The number of carbonyl (C=O) groups is 2. The topological polar surface area (TPSA) is 79.1 Å². The number of para-hydroxylation sites is 3. The van der Waals surface area contributed by atoms with Crippen molar-refractivity contribution in [1.29, 1.82) is 0 Å². The van der Waals surface area contributed by atoms with E-state index in [4.69, 9.17) is 14.2 Å². The maximum atomic E-state index is 12.7. The van der Waals surface area contributed by atoms with Gasteiger partial charge in [0.25, 0.3) is 5.91 Å². The Morgan fingerprint density at radius 2 is 1.93 bits per heavy atom. The van der Waals surface area contributed by atoms with Gasteiger partial charge >= 0.3 is 5.97 Å². The van der Waals surface area contributed by atoms with Crippen LogP contribution in [0.4, 0.5) is 0 Å². The third-order valence-corrected chi connectivity index (χ3v) is 5.15. The van der Waals surface area contributed by atoms with E-state index >= 15 is 0 Å². The van der Waals surface area contributed by atoms with Gasteiger partial charge in [-0.1, -0.05) is 35.6 Å². The standard InChI is InChI=1S/C19H16N2O5S/c1-24-17(22)10-21-12-6-2-5-9-16(12)27-19(21)20-18(23)15-11-25-13-7-3-4-8-14(13)26-15/h2-9,15H,10-11H2,1H3. The molecule has 8 heteroatoms. The number of fused-ring (bicyclic) bond motifs is 2. The lowest BCUT2D eigenvalue weighted by Gasteiger charge is -2.23. The van der Waals surface area contributed by atoms with E-state index in [1.54, 1.807) is 16.7 Å². The van der Waals surface area contributed by atoms with Crippen LogP contribution in [-0.2, 0) is 20.9 Å². The van der Waals surface area contributed by atoms with Crippen LogP contribution < -0.4 is 14.3 Å². The van der Waals surface area contributed by atoms with Crippen LogP contribution in [0.25, 0.3) is 10.2 Å². The lowest BCUT2D eigenvalue weighted by molar-refractivity contribution is -0.141. The van der Waals surface area contributed by atoms with Crippen LogP contribution in [0.3, 0.4) is 0 Å². The lowest BCUT2D eigenvalue weighted by atomic mass is 10.2. The summed E-state index contributed by atoms with van der Waals surface area (Å²) in [6, 6.07) is 14.7. The second kappa shape index (κ2) is 7.24. The van der Waals surface area contributed by atoms with Gasteiger partial charge in [0.05, 0.1) is 17.3 Å². The highest BCUT2D eigenvalue weighted by atomic mass is 32.1. The first-order valence-corrected chi connectivity index (χ1v) is 9.09. The predicted octanol–water partition coefficient (Wildman–Crippen LogP) is 2.14. The van der Waals surface area contributed by atoms with Gasteiger partial charge in [0.1, 0.15) is 13.2 Å². The quantitative estimate of drug-likeness (QED) is 0.647. The molecule has 0 bridgehead atoms. The van der Waals surface area contributed by atoms with Crippen LogP contribution in [0.5, 0.6) is 11.5 Å². The third-order valence-electron chi connectivity index (χ3n) is 4.09. The fourth-order valence-corrected chi connectivity index (χ4v) is 3.79. The zero-order valence-electron chi connectivity index (χ0n) is 14.5. The number of methoxy groups -OCH3 is 1. The van der Waals surface area contributed by atoms with Gasteiger partial charge in [-0.25, -0.2) is 0 Å². The third kappa shape index (κ3) is 3.43. The van der Waals surface area contributed by atoms with Crippen LogP contribution in [0.1, 0.15) is 0 Å². The molecule has 1 atom stereocenters. The molecule has 2 aromatic carbocycles. The van der Waals surface area contributed by atoms with Crippen molar-refractivity contribution in [2.24, 2.45) is 4.99 Å². The number of hydrogen-bond acceptors (Lipinski definition) is 6. The Balaban J connectivity index is 1.69. The summed E-state index contributed by atoms with van der Waals surface area (Å²) in [5.41, 5.74) is 0.811. The molecule has 1 aromatic heterocycles. The molecule has 1 aliphatic rings. The summed E-state index contributed by atoms with van der Waals surface area (Å²) in [6.45, 7) is 0.0543. The maximum Gasteiger partial charge on any atom is 0.325 e. The van der Waals surface area contributed by atoms with E-state index in [1.165, 1.54) is 18.4 Å². The van der Waals surface area contributed by atoms with E-state index in [9.17, 15) is 9.59 Å². The molecule has 2 heterocycles. The van der Waals surface area contributed by atoms with Crippen molar-refractivity contribution in [2.75, 3.05) is 13.7 Å². The van der Waals surface area contributed by atoms with Crippen LogP contribution in [0, 0.1) is 0 Å². The minimum absolute atomic E-state index is 0.0303. The Labute approximate surface area is 158 Å². The smallest absolute Gasteiger partial charge is 0.325 e. The number of esters is 1. The molecule has 27 heavy (non-hydrogen) atoms. The molecule has 0 fully saturated rings. The van der Waals surface area contributed by atoms with Crippen LogP contribution in [0.2, 0.25) is 0 Å². The lowest BCUT2D eigenvalue weighted by Crippen LogP contribution is -2.37. The summed E-state index contributed by atoms with van der Waals surface area (Å²) >= 11 is 1.33. The largest absolute Gasteiger partial charge is 0.485 e.